The number of ether oxygens (including phenoxy) is 2. The van der Waals surface area contributed by atoms with Crippen LogP contribution in [0.15, 0.2) is 0 Å². The Morgan fingerprint density at radius 2 is 2.33 bits per heavy atom. The van der Waals surface area contributed by atoms with Gasteiger partial charge in [-0.2, -0.15) is 0 Å². The number of cyclic esters (lactones) is 1. The van der Waals surface area contributed by atoms with Crippen LogP contribution in [0.25, 0.3) is 0 Å². The quantitative estimate of drug-likeness (QED) is 0.512. The Hall–Kier alpha value is -1.10. The largest absolute Gasteiger partial charge is 0.550 e. The van der Waals surface area contributed by atoms with Crippen molar-refractivity contribution in [2.24, 2.45) is 11.8 Å². The SMILES string of the molecule is O=C1C[C@@H]2[C@H](C(=O)[O-])[C@H]3CC[C@]2(CO1)O3. The highest BCUT2D eigenvalue weighted by atomic mass is 16.6. The molecule has 5 heteroatoms. The molecule has 0 aliphatic carbocycles. The van der Waals surface area contributed by atoms with Gasteiger partial charge in [0.15, 0.2) is 0 Å². The Balaban J connectivity index is 1.95. The van der Waals surface area contributed by atoms with E-state index in [0.29, 0.717) is 0 Å². The van der Waals surface area contributed by atoms with Crippen LogP contribution in [0, 0.1) is 11.8 Å². The van der Waals surface area contributed by atoms with Gasteiger partial charge in [-0.15, -0.1) is 0 Å². The fraction of sp³-hybridized carbons (Fsp3) is 0.800. The first-order valence-corrected chi connectivity index (χ1v) is 5.17. The zero-order valence-corrected chi connectivity index (χ0v) is 8.10. The van der Waals surface area contributed by atoms with E-state index in [-0.39, 0.29) is 31.0 Å². The monoisotopic (exact) mass is 211 g/mol. The molecule has 82 valence electrons. The Morgan fingerprint density at radius 3 is 3.07 bits per heavy atom. The molecule has 15 heavy (non-hydrogen) atoms. The number of hydrogen-bond acceptors (Lipinski definition) is 5. The molecule has 0 aromatic heterocycles. The van der Waals surface area contributed by atoms with Crippen LogP contribution in [0.2, 0.25) is 0 Å². The first-order chi connectivity index (χ1) is 7.12. The van der Waals surface area contributed by atoms with Gasteiger partial charge in [-0.1, -0.05) is 0 Å². The second kappa shape index (κ2) is 2.72. The van der Waals surface area contributed by atoms with Gasteiger partial charge >= 0.3 is 5.97 Å². The van der Waals surface area contributed by atoms with Crippen LogP contribution in [0.1, 0.15) is 19.3 Å². The minimum absolute atomic E-state index is 0.148. The molecule has 3 saturated heterocycles. The van der Waals surface area contributed by atoms with Gasteiger partial charge in [0.2, 0.25) is 0 Å². The zero-order valence-electron chi connectivity index (χ0n) is 8.10. The minimum Gasteiger partial charge on any atom is -0.550 e. The van der Waals surface area contributed by atoms with Crippen molar-refractivity contribution in [1.82, 2.24) is 0 Å². The van der Waals surface area contributed by atoms with Crippen molar-refractivity contribution in [2.45, 2.75) is 31.0 Å². The molecule has 1 spiro atoms. The van der Waals surface area contributed by atoms with E-state index in [0.717, 1.165) is 12.8 Å². The summed E-state index contributed by atoms with van der Waals surface area (Å²) in [6.07, 6.45) is 1.39. The second-order valence-electron chi connectivity index (χ2n) is 4.58. The third-order valence-electron chi connectivity index (χ3n) is 3.88. The number of esters is 1. The molecule has 2 bridgehead atoms. The molecule has 0 radical (unpaired) electrons. The molecule has 3 aliphatic heterocycles. The average molecular weight is 211 g/mol. The van der Waals surface area contributed by atoms with Gasteiger partial charge in [0, 0.05) is 17.8 Å². The summed E-state index contributed by atoms with van der Waals surface area (Å²) in [6, 6.07) is 0. The van der Waals surface area contributed by atoms with Crippen LogP contribution in [-0.2, 0) is 19.1 Å². The maximum absolute atomic E-state index is 11.2. The lowest BCUT2D eigenvalue weighted by molar-refractivity contribution is -0.314. The van der Waals surface area contributed by atoms with E-state index in [2.05, 4.69) is 0 Å². The van der Waals surface area contributed by atoms with Crippen molar-refractivity contribution in [3.8, 4) is 0 Å². The molecule has 3 rings (SSSR count). The van der Waals surface area contributed by atoms with E-state index in [1.807, 2.05) is 0 Å². The lowest BCUT2D eigenvalue weighted by Crippen LogP contribution is -2.51. The molecular formula is C10H11O5-. The van der Waals surface area contributed by atoms with Gasteiger partial charge < -0.3 is 19.4 Å². The first kappa shape index (κ1) is 9.15. The predicted molar refractivity (Wildman–Crippen MR) is 44.4 cm³/mol. The first-order valence-electron chi connectivity index (χ1n) is 5.17. The average Bonchev–Trinajstić information content (AvgIpc) is 2.70. The van der Waals surface area contributed by atoms with Crippen LogP contribution in [0.3, 0.4) is 0 Å². The van der Waals surface area contributed by atoms with Crippen LogP contribution in [0.4, 0.5) is 0 Å². The molecule has 0 aromatic carbocycles. The molecule has 0 saturated carbocycles. The number of fused-ring (bicyclic) bond motifs is 1. The molecule has 4 atom stereocenters. The zero-order chi connectivity index (χ0) is 10.6. The number of rotatable bonds is 1. The van der Waals surface area contributed by atoms with Gasteiger partial charge in [-0.25, -0.2) is 0 Å². The van der Waals surface area contributed by atoms with Crippen molar-refractivity contribution in [2.75, 3.05) is 6.61 Å². The van der Waals surface area contributed by atoms with Gasteiger partial charge in [-0.05, 0) is 12.8 Å². The molecule has 3 aliphatic rings. The van der Waals surface area contributed by atoms with Crippen molar-refractivity contribution in [3.05, 3.63) is 0 Å². The van der Waals surface area contributed by atoms with E-state index < -0.39 is 17.5 Å². The Kier molecular flexibility index (Phi) is 1.66. The van der Waals surface area contributed by atoms with E-state index in [1.165, 1.54) is 0 Å². The minimum atomic E-state index is -1.10. The van der Waals surface area contributed by atoms with Crippen LogP contribution in [0.5, 0.6) is 0 Å². The number of carboxylic acids is 1. The van der Waals surface area contributed by atoms with Crippen LogP contribution in [-0.4, -0.2) is 30.3 Å². The van der Waals surface area contributed by atoms with Crippen LogP contribution < -0.4 is 5.11 Å². The third-order valence-corrected chi connectivity index (χ3v) is 3.88. The maximum Gasteiger partial charge on any atom is 0.306 e. The van der Waals surface area contributed by atoms with Crippen molar-refractivity contribution < 1.29 is 24.2 Å². The molecule has 0 N–H and O–H groups in total. The van der Waals surface area contributed by atoms with Crippen molar-refractivity contribution >= 4 is 11.9 Å². The summed E-state index contributed by atoms with van der Waals surface area (Å²) in [7, 11) is 0. The summed E-state index contributed by atoms with van der Waals surface area (Å²) in [4.78, 5) is 22.2. The van der Waals surface area contributed by atoms with E-state index in [9.17, 15) is 14.7 Å². The van der Waals surface area contributed by atoms with Crippen molar-refractivity contribution in [1.29, 1.82) is 0 Å². The topological polar surface area (TPSA) is 75.7 Å². The van der Waals surface area contributed by atoms with E-state index >= 15 is 0 Å². The summed E-state index contributed by atoms with van der Waals surface area (Å²) >= 11 is 0. The number of aliphatic carboxylic acids is 1. The summed E-state index contributed by atoms with van der Waals surface area (Å²) in [5.74, 6) is -2.30. The summed E-state index contributed by atoms with van der Waals surface area (Å²) in [5.41, 5.74) is -0.524. The molecule has 0 amide bonds. The lowest BCUT2D eigenvalue weighted by atomic mass is 9.69. The highest BCUT2D eigenvalue weighted by Gasteiger charge is 2.62. The highest BCUT2D eigenvalue weighted by molar-refractivity contribution is 5.75. The lowest BCUT2D eigenvalue weighted by Gasteiger charge is -2.39. The second-order valence-corrected chi connectivity index (χ2v) is 4.58. The van der Waals surface area contributed by atoms with Crippen LogP contribution >= 0.6 is 0 Å². The molecule has 0 aromatic rings. The van der Waals surface area contributed by atoms with Gasteiger partial charge in [-0.3, -0.25) is 4.79 Å². The van der Waals surface area contributed by atoms with Gasteiger partial charge in [0.25, 0.3) is 0 Å². The smallest absolute Gasteiger partial charge is 0.306 e. The number of carboxylic acid groups (broad SMARTS) is 1. The van der Waals surface area contributed by atoms with Gasteiger partial charge in [0.1, 0.15) is 12.2 Å². The Bertz CT molecular complexity index is 339. The number of hydrogen-bond donors (Lipinski definition) is 0. The third kappa shape index (κ3) is 1.07. The summed E-state index contributed by atoms with van der Waals surface area (Å²) in [6.45, 7) is 0.205. The number of carbonyl (C=O) groups is 2. The van der Waals surface area contributed by atoms with E-state index in [1.54, 1.807) is 0 Å². The molecule has 0 unspecified atom stereocenters. The fourth-order valence-electron chi connectivity index (χ4n) is 3.20. The fourth-order valence-corrected chi connectivity index (χ4v) is 3.20. The van der Waals surface area contributed by atoms with Crippen molar-refractivity contribution in [3.63, 3.8) is 0 Å². The highest BCUT2D eigenvalue weighted by Crippen LogP contribution is 2.54. The molecular weight excluding hydrogens is 200 g/mol. The number of carbonyl (C=O) groups excluding carboxylic acids is 2. The van der Waals surface area contributed by atoms with Gasteiger partial charge in [0.05, 0.1) is 12.5 Å². The predicted octanol–water partition coefficient (Wildman–Crippen LogP) is -1.15. The molecule has 3 heterocycles. The standard InChI is InChI=1S/C10H12O5/c11-7-3-5-8(9(12)13)6-1-2-10(5,15-6)4-14-7/h5-6,8H,1-4H2,(H,12,13)/p-1/t5-,6-,8+,10-/m1/s1. The molecule has 5 nitrogen and oxygen atoms in total. The normalized spacial score (nSPS) is 47.5. The maximum atomic E-state index is 11.2. The summed E-state index contributed by atoms with van der Waals surface area (Å²) < 4.78 is 10.7. The summed E-state index contributed by atoms with van der Waals surface area (Å²) in [5, 5.41) is 11.0. The molecule has 3 fully saturated rings. The Morgan fingerprint density at radius 1 is 1.53 bits per heavy atom. The van der Waals surface area contributed by atoms with E-state index in [4.69, 9.17) is 9.47 Å². The Labute approximate surface area is 86.4 Å².